The van der Waals surface area contributed by atoms with Gasteiger partial charge in [0.15, 0.2) is 5.92 Å². The van der Waals surface area contributed by atoms with Crippen LogP contribution < -0.4 is 0 Å². The molecule has 0 bridgehead atoms. The lowest BCUT2D eigenvalue weighted by Crippen LogP contribution is -2.26. The van der Waals surface area contributed by atoms with Crippen LogP contribution in [-0.4, -0.2) is 22.2 Å². The van der Waals surface area contributed by atoms with E-state index in [0.29, 0.717) is 0 Å². The van der Waals surface area contributed by atoms with Crippen molar-refractivity contribution in [2.45, 2.75) is 5.92 Å². The summed E-state index contributed by atoms with van der Waals surface area (Å²) in [5, 5.41) is 26.4. The summed E-state index contributed by atoms with van der Waals surface area (Å²) >= 11 is 0. The number of benzene rings is 1. The van der Waals surface area contributed by atoms with Gasteiger partial charge in [0.2, 0.25) is 0 Å². The number of carboxylic acids is 2. The first-order valence-corrected chi connectivity index (χ1v) is 4.58. The van der Waals surface area contributed by atoms with Crippen molar-refractivity contribution in [1.29, 1.82) is 5.26 Å². The second-order valence-corrected chi connectivity index (χ2v) is 3.31. The van der Waals surface area contributed by atoms with Crippen LogP contribution in [0.2, 0.25) is 0 Å². The predicted molar refractivity (Wildman–Crippen MR) is 53.5 cm³/mol. The Hall–Kier alpha value is -2.42. The molecular weight excluding hydrogens is 229 g/mol. The summed E-state index contributed by atoms with van der Waals surface area (Å²) in [5.41, 5.74) is 0.0767. The van der Waals surface area contributed by atoms with Crippen LogP contribution in [0.15, 0.2) is 24.3 Å². The minimum Gasteiger partial charge on any atom is -0.481 e. The molecule has 0 spiro atoms. The van der Waals surface area contributed by atoms with Gasteiger partial charge in [-0.05, 0) is 17.7 Å². The Morgan fingerprint density at radius 3 is 2.06 bits per heavy atom. The minimum absolute atomic E-state index is 0.0767. The third-order valence-corrected chi connectivity index (χ3v) is 2.23. The van der Waals surface area contributed by atoms with Crippen molar-refractivity contribution in [3.05, 3.63) is 35.6 Å². The highest BCUT2D eigenvalue weighted by Crippen LogP contribution is 2.25. The van der Waals surface area contributed by atoms with Crippen LogP contribution in [0.1, 0.15) is 11.5 Å². The molecule has 0 aromatic heterocycles. The third kappa shape index (κ3) is 2.78. The molecule has 0 amide bonds. The largest absolute Gasteiger partial charge is 0.481 e. The van der Waals surface area contributed by atoms with Gasteiger partial charge in [0.25, 0.3) is 0 Å². The van der Waals surface area contributed by atoms with Gasteiger partial charge in [0.1, 0.15) is 11.7 Å². The second-order valence-electron chi connectivity index (χ2n) is 3.31. The van der Waals surface area contributed by atoms with Crippen molar-refractivity contribution in [3.63, 3.8) is 0 Å². The minimum atomic E-state index is -1.71. The summed E-state index contributed by atoms with van der Waals surface area (Å²) in [6.45, 7) is 0. The number of carboxylic acid groups (broad SMARTS) is 2. The van der Waals surface area contributed by atoms with Gasteiger partial charge in [0.05, 0.1) is 6.07 Å². The first-order valence-electron chi connectivity index (χ1n) is 4.58. The van der Waals surface area contributed by atoms with Crippen molar-refractivity contribution >= 4 is 11.9 Å². The summed E-state index contributed by atoms with van der Waals surface area (Å²) in [7, 11) is 0. The van der Waals surface area contributed by atoms with E-state index in [1.54, 1.807) is 0 Å². The monoisotopic (exact) mass is 237 g/mol. The molecule has 0 aliphatic rings. The van der Waals surface area contributed by atoms with E-state index in [0.717, 1.165) is 24.3 Å². The first-order chi connectivity index (χ1) is 7.97. The van der Waals surface area contributed by atoms with Gasteiger partial charge in [-0.15, -0.1) is 0 Å². The van der Waals surface area contributed by atoms with Gasteiger partial charge in [-0.3, -0.25) is 9.59 Å². The zero-order valence-electron chi connectivity index (χ0n) is 8.50. The predicted octanol–water partition coefficient (Wildman–Crippen LogP) is 1.22. The van der Waals surface area contributed by atoms with Crippen LogP contribution in [0.25, 0.3) is 0 Å². The smallest absolute Gasteiger partial charge is 0.322 e. The van der Waals surface area contributed by atoms with Gasteiger partial charge in [-0.25, -0.2) is 4.39 Å². The van der Waals surface area contributed by atoms with Crippen LogP contribution in [0, 0.1) is 23.1 Å². The van der Waals surface area contributed by atoms with E-state index < -0.39 is 29.6 Å². The number of rotatable bonds is 4. The van der Waals surface area contributed by atoms with Crippen molar-refractivity contribution in [1.82, 2.24) is 0 Å². The van der Waals surface area contributed by atoms with Crippen LogP contribution in [0.5, 0.6) is 0 Å². The second kappa shape index (κ2) is 5.07. The van der Waals surface area contributed by atoms with Crippen LogP contribution in [0.3, 0.4) is 0 Å². The Morgan fingerprint density at radius 2 is 1.71 bits per heavy atom. The molecule has 0 aliphatic carbocycles. The maximum absolute atomic E-state index is 12.7. The fourth-order valence-electron chi connectivity index (χ4n) is 1.42. The fourth-order valence-corrected chi connectivity index (χ4v) is 1.42. The summed E-state index contributed by atoms with van der Waals surface area (Å²) in [6.07, 6.45) is 0. The van der Waals surface area contributed by atoms with E-state index in [9.17, 15) is 14.0 Å². The maximum atomic E-state index is 12.7. The van der Waals surface area contributed by atoms with Gasteiger partial charge < -0.3 is 10.2 Å². The number of nitriles is 1. The molecule has 1 aromatic rings. The van der Waals surface area contributed by atoms with Crippen molar-refractivity contribution in [2.75, 3.05) is 0 Å². The molecule has 88 valence electrons. The van der Waals surface area contributed by atoms with Gasteiger partial charge in [-0.1, -0.05) is 12.1 Å². The lowest BCUT2D eigenvalue weighted by atomic mass is 9.87. The summed E-state index contributed by atoms with van der Waals surface area (Å²) < 4.78 is 12.7. The van der Waals surface area contributed by atoms with Crippen molar-refractivity contribution in [3.8, 4) is 6.07 Å². The quantitative estimate of drug-likeness (QED) is 0.820. The van der Waals surface area contributed by atoms with Crippen molar-refractivity contribution in [2.24, 2.45) is 5.92 Å². The Balaban J connectivity index is 3.18. The van der Waals surface area contributed by atoms with E-state index in [1.165, 1.54) is 6.07 Å². The van der Waals surface area contributed by atoms with Gasteiger partial charge in [-0.2, -0.15) is 5.26 Å². The number of aliphatic carboxylic acids is 2. The molecular formula is C11H8FNO4. The molecule has 2 N–H and O–H groups in total. The molecule has 2 atom stereocenters. The van der Waals surface area contributed by atoms with Gasteiger partial charge in [0, 0.05) is 0 Å². The van der Waals surface area contributed by atoms with Crippen LogP contribution in [0.4, 0.5) is 4.39 Å². The number of hydrogen-bond acceptors (Lipinski definition) is 3. The topological polar surface area (TPSA) is 98.4 Å². The Labute approximate surface area is 95.7 Å². The van der Waals surface area contributed by atoms with E-state index in [2.05, 4.69) is 0 Å². The van der Waals surface area contributed by atoms with E-state index in [-0.39, 0.29) is 5.56 Å². The molecule has 0 radical (unpaired) electrons. The number of nitrogens with zero attached hydrogens (tertiary/aromatic N) is 1. The highest BCUT2D eigenvalue weighted by Gasteiger charge is 2.35. The molecule has 0 saturated heterocycles. The molecule has 5 nitrogen and oxygen atoms in total. The Bertz CT molecular complexity index is 477. The number of carbonyl (C=O) groups is 2. The lowest BCUT2D eigenvalue weighted by Gasteiger charge is -2.14. The number of hydrogen-bond donors (Lipinski definition) is 2. The highest BCUT2D eigenvalue weighted by atomic mass is 19.1. The number of halogens is 1. The fraction of sp³-hybridized carbons (Fsp3) is 0.182. The average Bonchev–Trinajstić information content (AvgIpc) is 2.26. The van der Waals surface area contributed by atoms with Crippen LogP contribution >= 0.6 is 0 Å². The average molecular weight is 237 g/mol. The summed E-state index contributed by atoms with van der Waals surface area (Å²) in [6, 6.07) is 5.76. The van der Waals surface area contributed by atoms with Gasteiger partial charge >= 0.3 is 11.9 Å². The molecule has 0 saturated carbocycles. The molecule has 0 aliphatic heterocycles. The molecule has 0 heterocycles. The maximum Gasteiger partial charge on any atom is 0.322 e. The normalized spacial score (nSPS) is 13.4. The molecule has 1 rings (SSSR count). The zero-order chi connectivity index (χ0) is 13.0. The van der Waals surface area contributed by atoms with Crippen LogP contribution in [-0.2, 0) is 9.59 Å². The zero-order valence-corrected chi connectivity index (χ0v) is 8.50. The molecule has 0 fully saturated rings. The van der Waals surface area contributed by atoms with E-state index >= 15 is 0 Å². The highest BCUT2D eigenvalue weighted by molar-refractivity contribution is 5.86. The molecule has 2 unspecified atom stereocenters. The molecule has 6 heteroatoms. The van der Waals surface area contributed by atoms with E-state index in [1.807, 2.05) is 0 Å². The summed E-state index contributed by atoms with van der Waals surface area (Å²) in [4.78, 5) is 21.7. The standard InChI is InChI=1S/C11H8FNO4/c12-7-3-1-6(2-4-7)9(11(16)17)8(5-13)10(14)15/h1-4,8-9H,(H,14,15)(H,16,17). The summed E-state index contributed by atoms with van der Waals surface area (Å²) in [5.74, 6) is -6.76. The SMILES string of the molecule is N#CC(C(=O)O)C(C(=O)O)c1ccc(F)cc1. The first kappa shape index (κ1) is 12.6. The Morgan fingerprint density at radius 1 is 1.18 bits per heavy atom. The molecule has 17 heavy (non-hydrogen) atoms. The third-order valence-electron chi connectivity index (χ3n) is 2.23. The van der Waals surface area contributed by atoms with E-state index in [4.69, 9.17) is 15.5 Å². The molecule has 1 aromatic carbocycles. The lowest BCUT2D eigenvalue weighted by molar-refractivity contribution is -0.148. The van der Waals surface area contributed by atoms with Crippen molar-refractivity contribution < 1.29 is 24.2 Å². The Kier molecular flexibility index (Phi) is 3.78.